The van der Waals surface area contributed by atoms with E-state index in [0.717, 1.165) is 5.92 Å². The fourth-order valence-electron chi connectivity index (χ4n) is 1.19. The molecule has 2 aliphatic rings. The zero-order chi connectivity index (χ0) is 6.10. The molecule has 1 aliphatic carbocycles. The molecule has 0 bridgehead atoms. The average Bonchev–Trinajstić information content (AvgIpc) is 2.11. The molecule has 1 aliphatic heterocycles. The van der Waals surface area contributed by atoms with Gasteiger partial charge in [-0.15, -0.1) is 0 Å². The van der Waals surface area contributed by atoms with Crippen LogP contribution in [-0.4, -0.2) is 6.21 Å². The maximum absolute atomic E-state index is 3.78. The first-order chi connectivity index (χ1) is 4.47. The molecule has 47 valence electrons. The molecular formula is C7H9N2. The SMILES string of the molecule is C1=N[N]C=C1C1CCC1. The van der Waals surface area contributed by atoms with Gasteiger partial charge in [-0.2, -0.15) is 10.5 Å². The summed E-state index contributed by atoms with van der Waals surface area (Å²) in [6.07, 6.45) is 7.82. The van der Waals surface area contributed by atoms with Crippen LogP contribution in [0.1, 0.15) is 19.3 Å². The Morgan fingerprint density at radius 3 is 2.78 bits per heavy atom. The van der Waals surface area contributed by atoms with Crippen LogP contribution in [0.2, 0.25) is 0 Å². The Kier molecular flexibility index (Phi) is 1.04. The lowest BCUT2D eigenvalue weighted by molar-refractivity contribution is 0.379. The minimum Gasteiger partial charge on any atom is -0.159 e. The third kappa shape index (κ3) is 0.745. The van der Waals surface area contributed by atoms with Gasteiger partial charge in [0.15, 0.2) is 0 Å². The van der Waals surface area contributed by atoms with Gasteiger partial charge < -0.3 is 0 Å². The predicted molar refractivity (Wildman–Crippen MR) is 36.0 cm³/mol. The van der Waals surface area contributed by atoms with E-state index in [4.69, 9.17) is 0 Å². The highest BCUT2D eigenvalue weighted by atomic mass is 15.3. The van der Waals surface area contributed by atoms with E-state index in [0.29, 0.717) is 0 Å². The zero-order valence-corrected chi connectivity index (χ0v) is 5.25. The lowest BCUT2D eigenvalue weighted by Crippen LogP contribution is -2.13. The predicted octanol–water partition coefficient (Wildman–Crippen LogP) is 1.27. The van der Waals surface area contributed by atoms with Crippen molar-refractivity contribution in [2.75, 3.05) is 0 Å². The quantitative estimate of drug-likeness (QED) is 0.499. The Morgan fingerprint density at radius 2 is 2.33 bits per heavy atom. The molecule has 0 aromatic carbocycles. The molecule has 2 nitrogen and oxygen atoms in total. The third-order valence-corrected chi connectivity index (χ3v) is 2.06. The molecule has 2 heteroatoms. The Hall–Kier alpha value is -0.790. The van der Waals surface area contributed by atoms with E-state index in [1.54, 1.807) is 0 Å². The zero-order valence-electron chi connectivity index (χ0n) is 5.25. The first kappa shape index (κ1) is 5.03. The first-order valence-electron chi connectivity index (χ1n) is 3.40. The van der Waals surface area contributed by atoms with Crippen LogP contribution in [-0.2, 0) is 0 Å². The van der Waals surface area contributed by atoms with Crippen molar-refractivity contribution >= 4 is 6.21 Å². The topological polar surface area (TPSA) is 26.5 Å². The van der Waals surface area contributed by atoms with Gasteiger partial charge in [0.25, 0.3) is 0 Å². The van der Waals surface area contributed by atoms with Gasteiger partial charge in [-0.25, -0.2) is 0 Å². The van der Waals surface area contributed by atoms with E-state index in [9.17, 15) is 0 Å². The van der Waals surface area contributed by atoms with E-state index < -0.39 is 0 Å². The molecule has 1 fully saturated rings. The summed E-state index contributed by atoms with van der Waals surface area (Å²) in [5.74, 6) is 0.792. The molecule has 0 spiro atoms. The standard InChI is InChI=1S/C7H9N2/c1-2-6(3-1)7-4-8-9-5-7/h4-6H,1-3H2. The van der Waals surface area contributed by atoms with Gasteiger partial charge in [0.2, 0.25) is 0 Å². The van der Waals surface area contributed by atoms with E-state index in [1.807, 2.05) is 12.4 Å². The largest absolute Gasteiger partial charge is 0.159 e. The van der Waals surface area contributed by atoms with Crippen molar-refractivity contribution < 1.29 is 0 Å². The van der Waals surface area contributed by atoms with Crippen LogP contribution in [0.4, 0.5) is 0 Å². The normalized spacial score (nSPS) is 25.1. The number of hydrogen-bond acceptors (Lipinski definition) is 1. The smallest absolute Gasteiger partial charge is 0.0546 e. The summed E-state index contributed by atoms with van der Waals surface area (Å²) in [7, 11) is 0. The molecule has 1 radical (unpaired) electrons. The molecule has 0 amide bonds. The average molecular weight is 121 g/mol. The highest BCUT2D eigenvalue weighted by Crippen LogP contribution is 2.32. The van der Waals surface area contributed by atoms with Crippen molar-refractivity contribution in [3.63, 3.8) is 0 Å². The highest BCUT2D eigenvalue weighted by Gasteiger charge is 2.21. The molecule has 9 heavy (non-hydrogen) atoms. The van der Waals surface area contributed by atoms with Crippen LogP contribution in [0.5, 0.6) is 0 Å². The van der Waals surface area contributed by atoms with Gasteiger partial charge in [0.1, 0.15) is 0 Å². The summed E-state index contributed by atoms with van der Waals surface area (Å²) in [5, 5.41) is 3.78. The fraction of sp³-hybridized carbons (Fsp3) is 0.571. The minimum absolute atomic E-state index is 0.792. The van der Waals surface area contributed by atoms with Crippen molar-refractivity contribution in [1.82, 2.24) is 5.43 Å². The molecule has 1 heterocycles. The van der Waals surface area contributed by atoms with E-state index >= 15 is 0 Å². The summed E-state index contributed by atoms with van der Waals surface area (Å²) in [6, 6.07) is 0. The molecule has 0 atom stereocenters. The van der Waals surface area contributed by atoms with E-state index in [1.165, 1.54) is 24.8 Å². The first-order valence-corrected chi connectivity index (χ1v) is 3.40. The maximum atomic E-state index is 3.78. The summed E-state index contributed by atoms with van der Waals surface area (Å²) in [5.41, 5.74) is 5.11. The third-order valence-electron chi connectivity index (χ3n) is 2.06. The monoisotopic (exact) mass is 121 g/mol. The molecular weight excluding hydrogens is 112 g/mol. The molecule has 2 rings (SSSR count). The molecule has 0 aromatic heterocycles. The Labute approximate surface area is 54.6 Å². The number of allylic oxidation sites excluding steroid dienone is 1. The maximum Gasteiger partial charge on any atom is 0.0546 e. The summed E-state index contributed by atoms with van der Waals surface area (Å²) in [6.45, 7) is 0. The number of nitrogens with zero attached hydrogens (tertiary/aromatic N) is 2. The number of rotatable bonds is 1. The summed E-state index contributed by atoms with van der Waals surface area (Å²) in [4.78, 5) is 0. The highest BCUT2D eigenvalue weighted by molar-refractivity contribution is 5.80. The van der Waals surface area contributed by atoms with Crippen molar-refractivity contribution in [3.05, 3.63) is 11.8 Å². The van der Waals surface area contributed by atoms with E-state index in [-0.39, 0.29) is 0 Å². The van der Waals surface area contributed by atoms with Crippen LogP contribution < -0.4 is 5.43 Å². The van der Waals surface area contributed by atoms with Gasteiger partial charge in [0, 0.05) is 0 Å². The van der Waals surface area contributed by atoms with Crippen LogP contribution in [0.3, 0.4) is 0 Å². The van der Waals surface area contributed by atoms with Gasteiger partial charge in [-0.05, 0) is 24.3 Å². The molecule has 0 aromatic rings. The second-order valence-electron chi connectivity index (χ2n) is 2.62. The van der Waals surface area contributed by atoms with Crippen molar-refractivity contribution in [2.45, 2.75) is 19.3 Å². The van der Waals surface area contributed by atoms with Gasteiger partial charge in [0.05, 0.1) is 12.4 Å². The molecule has 1 saturated carbocycles. The summed E-state index contributed by atoms with van der Waals surface area (Å²) < 4.78 is 0. The van der Waals surface area contributed by atoms with Crippen LogP contribution in [0.25, 0.3) is 0 Å². The lowest BCUT2D eigenvalue weighted by atomic mass is 9.80. The second-order valence-corrected chi connectivity index (χ2v) is 2.62. The molecule has 0 unspecified atom stereocenters. The van der Waals surface area contributed by atoms with Crippen LogP contribution in [0.15, 0.2) is 16.9 Å². The Bertz CT molecular complexity index is 166. The van der Waals surface area contributed by atoms with Gasteiger partial charge in [-0.1, -0.05) is 6.42 Å². The van der Waals surface area contributed by atoms with Crippen LogP contribution in [0, 0.1) is 5.92 Å². The molecule has 0 saturated heterocycles. The lowest BCUT2D eigenvalue weighted by Gasteiger charge is -2.24. The van der Waals surface area contributed by atoms with E-state index in [2.05, 4.69) is 10.5 Å². The van der Waals surface area contributed by atoms with Crippen molar-refractivity contribution in [3.8, 4) is 0 Å². The number of hydrogen-bond donors (Lipinski definition) is 0. The fourth-order valence-corrected chi connectivity index (χ4v) is 1.19. The van der Waals surface area contributed by atoms with Crippen LogP contribution >= 0.6 is 0 Å². The Balaban J connectivity index is 2.03. The summed E-state index contributed by atoms with van der Waals surface area (Å²) >= 11 is 0. The van der Waals surface area contributed by atoms with Gasteiger partial charge >= 0.3 is 0 Å². The van der Waals surface area contributed by atoms with Gasteiger partial charge in [-0.3, -0.25) is 0 Å². The minimum atomic E-state index is 0.792. The van der Waals surface area contributed by atoms with Crippen molar-refractivity contribution in [1.29, 1.82) is 0 Å². The van der Waals surface area contributed by atoms with Crippen molar-refractivity contribution in [2.24, 2.45) is 11.0 Å². The molecule has 0 N–H and O–H groups in total. The second kappa shape index (κ2) is 1.87. The Morgan fingerprint density at radius 1 is 1.44 bits per heavy atom.